The lowest BCUT2D eigenvalue weighted by molar-refractivity contribution is -0.145. The van der Waals surface area contributed by atoms with Crippen molar-refractivity contribution in [2.45, 2.75) is 56.5 Å². The predicted molar refractivity (Wildman–Crippen MR) is 121 cm³/mol. The second kappa shape index (κ2) is 9.88. The van der Waals surface area contributed by atoms with Gasteiger partial charge in [-0.05, 0) is 43.9 Å². The molecule has 0 spiro atoms. The van der Waals surface area contributed by atoms with Crippen molar-refractivity contribution in [2.75, 3.05) is 11.9 Å². The lowest BCUT2D eigenvalue weighted by atomic mass is 9.80. The van der Waals surface area contributed by atoms with Gasteiger partial charge in [-0.3, -0.25) is 24.0 Å². The van der Waals surface area contributed by atoms with Gasteiger partial charge in [0.2, 0.25) is 23.5 Å². The number of carbonyl (C=O) groups excluding carboxylic acids is 5. The van der Waals surface area contributed by atoms with E-state index in [1.54, 1.807) is 0 Å². The van der Waals surface area contributed by atoms with Gasteiger partial charge in [0.25, 0.3) is 11.8 Å². The maximum absolute atomic E-state index is 13.2. The fourth-order valence-corrected chi connectivity index (χ4v) is 4.33. The van der Waals surface area contributed by atoms with Crippen LogP contribution in [0.4, 0.5) is 14.5 Å². The number of anilines is 1. The first kappa shape index (κ1) is 25.0. The number of amides is 4. The number of nitrogens with one attached hydrogen (secondary N) is 4. The second-order valence-electron chi connectivity index (χ2n) is 9.29. The summed E-state index contributed by atoms with van der Waals surface area (Å²) in [6.07, 6.45) is 0.745. The Morgan fingerprint density at radius 3 is 2.46 bits per heavy atom. The molecule has 0 unspecified atom stereocenters. The molecule has 2 saturated carbocycles. The highest BCUT2D eigenvalue weighted by molar-refractivity contribution is 6.38. The second-order valence-corrected chi connectivity index (χ2v) is 9.73. The molecule has 2 atom stereocenters. The minimum atomic E-state index is -2.89. The smallest absolute Gasteiger partial charge is 0.289 e. The van der Waals surface area contributed by atoms with Gasteiger partial charge in [0, 0.05) is 42.3 Å². The van der Waals surface area contributed by atoms with E-state index in [1.165, 1.54) is 18.2 Å². The van der Waals surface area contributed by atoms with Gasteiger partial charge in [0.15, 0.2) is 0 Å². The van der Waals surface area contributed by atoms with E-state index in [1.807, 2.05) is 0 Å². The molecule has 0 bridgehead atoms. The molecule has 4 N–H and O–H groups in total. The third kappa shape index (κ3) is 6.14. The summed E-state index contributed by atoms with van der Waals surface area (Å²) in [5.74, 6) is -7.80. The highest BCUT2D eigenvalue weighted by atomic mass is 35.5. The SMILES string of the molecule is O=C(NC1CC1)C(=O)[C@H](C[C@@H]1CCNC1=O)NC(=O)c1cc(Cl)ccc1NC(=O)C1CC(F)(F)C1. The molecule has 0 aromatic heterocycles. The summed E-state index contributed by atoms with van der Waals surface area (Å²) in [6.45, 7) is 0.428. The van der Waals surface area contributed by atoms with Gasteiger partial charge in [-0.15, -0.1) is 0 Å². The standard InChI is InChI=1S/C23H25ClF2N4O5/c24-13-1-4-16(29-20(33)12-9-23(25,26)10-12)15(8-13)21(34)30-17(7-11-5-6-27-19(11)32)18(31)22(35)28-14-2-3-14/h1,4,8,11-12,14,17H,2-3,5-7,9-10H2,(H,27,32)(H,28,35)(H,29,33)(H,30,34)/t11-,17-/m0/s1. The fraction of sp³-hybridized carbons (Fsp3) is 0.522. The molecule has 1 saturated heterocycles. The van der Waals surface area contributed by atoms with Crippen LogP contribution in [-0.2, 0) is 19.2 Å². The van der Waals surface area contributed by atoms with Crippen LogP contribution in [0, 0.1) is 11.8 Å². The van der Waals surface area contributed by atoms with Crippen molar-refractivity contribution in [3.63, 3.8) is 0 Å². The van der Waals surface area contributed by atoms with Crippen molar-refractivity contribution in [3.05, 3.63) is 28.8 Å². The van der Waals surface area contributed by atoms with E-state index < -0.39 is 60.1 Å². The Morgan fingerprint density at radius 1 is 1.14 bits per heavy atom. The number of alkyl halides is 2. The number of benzene rings is 1. The summed E-state index contributed by atoms with van der Waals surface area (Å²) < 4.78 is 26.3. The van der Waals surface area contributed by atoms with Crippen LogP contribution in [-0.4, -0.2) is 54.0 Å². The van der Waals surface area contributed by atoms with Gasteiger partial charge in [-0.1, -0.05) is 11.6 Å². The fourth-order valence-electron chi connectivity index (χ4n) is 4.16. The summed E-state index contributed by atoms with van der Waals surface area (Å²) in [4.78, 5) is 62.8. The summed E-state index contributed by atoms with van der Waals surface area (Å²) in [5, 5.41) is 10.4. The average molecular weight is 511 g/mol. The van der Waals surface area contributed by atoms with Gasteiger partial charge >= 0.3 is 0 Å². The number of hydrogen-bond donors (Lipinski definition) is 4. The van der Waals surface area contributed by atoms with E-state index in [9.17, 15) is 32.8 Å². The molecular formula is C23H25ClF2N4O5. The quantitative estimate of drug-likeness (QED) is 0.376. The minimum absolute atomic E-state index is 0.0272. The van der Waals surface area contributed by atoms with E-state index in [-0.39, 0.29) is 34.6 Å². The molecule has 1 aliphatic heterocycles. The Kier molecular flexibility index (Phi) is 7.07. The number of ketones is 1. The van der Waals surface area contributed by atoms with Gasteiger partial charge in [-0.25, -0.2) is 8.78 Å². The zero-order chi connectivity index (χ0) is 25.3. The summed E-state index contributed by atoms with van der Waals surface area (Å²) >= 11 is 6.03. The van der Waals surface area contributed by atoms with Gasteiger partial charge < -0.3 is 21.3 Å². The van der Waals surface area contributed by atoms with Crippen LogP contribution < -0.4 is 21.3 Å². The van der Waals surface area contributed by atoms with E-state index in [4.69, 9.17) is 11.6 Å². The number of Topliss-reactive ketones (excluding diaryl/α,β-unsaturated/α-hetero) is 1. The lowest BCUT2D eigenvalue weighted by Gasteiger charge is -2.33. The normalized spacial score (nSPS) is 21.9. The topological polar surface area (TPSA) is 133 Å². The number of hydrogen-bond acceptors (Lipinski definition) is 5. The lowest BCUT2D eigenvalue weighted by Crippen LogP contribution is -2.49. The van der Waals surface area contributed by atoms with Gasteiger partial charge in [0.1, 0.15) is 0 Å². The Bertz CT molecular complexity index is 1070. The molecule has 2 aliphatic carbocycles. The number of halogens is 3. The Morgan fingerprint density at radius 2 is 1.86 bits per heavy atom. The minimum Gasteiger partial charge on any atom is -0.356 e. The number of rotatable bonds is 9. The summed E-state index contributed by atoms with van der Waals surface area (Å²) in [6, 6.07) is 2.66. The van der Waals surface area contributed by atoms with Gasteiger partial charge in [0.05, 0.1) is 17.3 Å². The van der Waals surface area contributed by atoms with Crippen molar-refractivity contribution in [2.24, 2.45) is 11.8 Å². The van der Waals surface area contributed by atoms with Crippen LogP contribution >= 0.6 is 11.6 Å². The first-order valence-electron chi connectivity index (χ1n) is 11.4. The molecule has 0 radical (unpaired) electrons. The van der Waals surface area contributed by atoms with Crippen LogP contribution in [0.25, 0.3) is 0 Å². The van der Waals surface area contributed by atoms with Crippen LogP contribution in [0.1, 0.15) is 48.9 Å². The molecule has 1 aromatic rings. The average Bonchev–Trinajstić information content (AvgIpc) is 3.51. The summed E-state index contributed by atoms with van der Waals surface area (Å²) in [5.41, 5.74) is -0.0763. The van der Waals surface area contributed by atoms with E-state index in [0.29, 0.717) is 13.0 Å². The van der Waals surface area contributed by atoms with E-state index in [0.717, 1.165) is 12.8 Å². The van der Waals surface area contributed by atoms with E-state index >= 15 is 0 Å². The molecule has 4 rings (SSSR count). The van der Waals surface area contributed by atoms with Crippen molar-refractivity contribution < 1.29 is 32.8 Å². The molecule has 4 amide bonds. The zero-order valence-corrected chi connectivity index (χ0v) is 19.4. The first-order valence-corrected chi connectivity index (χ1v) is 11.8. The first-order chi connectivity index (χ1) is 16.5. The van der Waals surface area contributed by atoms with Crippen LogP contribution in [0.5, 0.6) is 0 Å². The van der Waals surface area contributed by atoms with Crippen molar-refractivity contribution in [3.8, 4) is 0 Å². The third-order valence-electron chi connectivity index (χ3n) is 6.39. The Labute approximate surface area is 204 Å². The molecule has 12 heteroatoms. The molecule has 188 valence electrons. The third-order valence-corrected chi connectivity index (χ3v) is 6.62. The van der Waals surface area contributed by atoms with Crippen molar-refractivity contribution in [1.29, 1.82) is 0 Å². The molecule has 9 nitrogen and oxygen atoms in total. The Balaban J connectivity index is 1.50. The van der Waals surface area contributed by atoms with Crippen LogP contribution in [0.15, 0.2) is 18.2 Å². The monoisotopic (exact) mass is 510 g/mol. The Hall–Kier alpha value is -3.08. The largest absolute Gasteiger partial charge is 0.356 e. The van der Waals surface area contributed by atoms with Crippen molar-refractivity contribution >= 4 is 46.7 Å². The van der Waals surface area contributed by atoms with Crippen molar-refractivity contribution in [1.82, 2.24) is 16.0 Å². The molecule has 3 aliphatic rings. The highest BCUT2D eigenvalue weighted by Crippen LogP contribution is 2.43. The predicted octanol–water partition coefficient (Wildman–Crippen LogP) is 1.80. The maximum atomic E-state index is 13.2. The molecule has 35 heavy (non-hydrogen) atoms. The van der Waals surface area contributed by atoms with Crippen LogP contribution in [0.2, 0.25) is 5.02 Å². The molecule has 1 heterocycles. The highest BCUT2D eigenvalue weighted by Gasteiger charge is 2.48. The van der Waals surface area contributed by atoms with Gasteiger partial charge in [-0.2, -0.15) is 0 Å². The summed E-state index contributed by atoms with van der Waals surface area (Å²) in [7, 11) is 0. The number of carbonyl (C=O) groups is 5. The van der Waals surface area contributed by atoms with E-state index in [2.05, 4.69) is 21.3 Å². The molecule has 3 fully saturated rings. The zero-order valence-electron chi connectivity index (χ0n) is 18.7. The maximum Gasteiger partial charge on any atom is 0.289 e. The molecular weight excluding hydrogens is 486 g/mol. The van der Waals surface area contributed by atoms with Crippen LogP contribution in [0.3, 0.4) is 0 Å². The molecule has 1 aromatic carbocycles.